The summed E-state index contributed by atoms with van der Waals surface area (Å²) < 4.78 is 0. The van der Waals surface area contributed by atoms with Crippen LogP contribution in [0.3, 0.4) is 0 Å². The molecule has 1 unspecified atom stereocenters. The largest absolute Gasteiger partial charge is 0.386 e. The molecular weight excluding hydrogens is 240 g/mol. The van der Waals surface area contributed by atoms with Gasteiger partial charge in [-0.1, -0.05) is 12.0 Å². The zero-order valence-corrected chi connectivity index (χ0v) is 10.4. The zero-order chi connectivity index (χ0) is 11.8. The van der Waals surface area contributed by atoms with Crippen molar-refractivity contribution in [2.45, 2.75) is 13.0 Å². The third kappa shape index (κ3) is 4.13. The van der Waals surface area contributed by atoms with Crippen LogP contribution >= 0.6 is 22.9 Å². The molecule has 0 aliphatic rings. The van der Waals surface area contributed by atoms with Crippen LogP contribution in [-0.2, 0) is 0 Å². The SMILES string of the molecule is CC=CC#CC#Cc1ccc(C(O)CCl)s1. The Morgan fingerprint density at radius 3 is 3.00 bits per heavy atom. The molecule has 1 aromatic heterocycles. The van der Waals surface area contributed by atoms with Crippen LogP contribution in [0.4, 0.5) is 0 Å². The van der Waals surface area contributed by atoms with Crippen molar-refractivity contribution in [3.05, 3.63) is 34.0 Å². The second-order valence-corrected chi connectivity index (χ2v) is 4.32. The average Bonchev–Trinajstić information content (AvgIpc) is 2.76. The molecule has 3 heteroatoms. The number of aliphatic hydroxyl groups excluding tert-OH is 1. The molecule has 0 saturated heterocycles. The maximum atomic E-state index is 9.48. The van der Waals surface area contributed by atoms with Gasteiger partial charge in [-0.25, -0.2) is 0 Å². The minimum Gasteiger partial charge on any atom is -0.386 e. The first-order chi connectivity index (χ1) is 7.77. The van der Waals surface area contributed by atoms with Crippen LogP contribution in [0.1, 0.15) is 22.8 Å². The van der Waals surface area contributed by atoms with E-state index >= 15 is 0 Å². The molecular formula is C13H11ClOS. The van der Waals surface area contributed by atoms with E-state index in [0.29, 0.717) is 0 Å². The third-order valence-corrected chi connectivity index (χ3v) is 3.07. The van der Waals surface area contributed by atoms with Crippen molar-refractivity contribution < 1.29 is 5.11 Å². The Morgan fingerprint density at radius 1 is 1.50 bits per heavy atom. The first-order valence-electron chi connectivity index (χ1n) is 4.74. The van der Waals surface area contributed by atoms with Crippen LogP contribution < -0.4 is 0 Å². The van der Waals surface area contributed by atoms with Crippen molar-refractivity contribution in [1.29, 1.82) is 0 Å². The molecule has 0 fully saturated rings. The van der Waals surface area contributed by atoms with E-state index in [9.17, 15) is 5.11 Å². The highest BCUT2D eigenvalue weighted by atomic mass is 35.5. The van der Waals surface area contributed by atoms with Crippen molar-refractivity contribution in [2.75, 3.05) is 5.88 Å². The van der Waals surface area contributed by atoms with Crippen molar-refractivity contribution >= 4 is 22.9 Å². The molecule has 0 spiro atoms. The van der Waals surface area contributed by atoms with Gasteiger partial charge in [-0.15, -0.1) is 22.9 Å². The number of hydrogen-bond acceptors (Lipinski definition) is 2. The van der Waals surface area contributed by atoms with Gasteiger partial charge < -0.3 is 5.11 Å². The highest BCUT2D eigenvalue weighted by Crippen LogP contribution is 2.23. The lowest BCUT2D eigenvalue weighted by Gasteiger charge is -2.00. The Morgan fingerprint density at radius 2 is 2.31 bits per heavy atom. The van der Waals surface area contributed by atoms with Gasteiger partial charge >= 0.3 is 0 Å². The van der Waals surface area contributed by atoms with Crippen molar-refractivity contribution in [2.24, 2.45) is 0 Å². The lowest BCUT2D eigenvalue weighted by molar-refractivity contribution is 0.206. The van der Waals surface area contributed by atoms with Crippen LogP contribution in [0.15, 0.2) is 24.3 Å². The molecule has 1 aromatic rings. The average molecular weight is 251 g/mol. The Kier molecular flexibility index (Phi) is 5.75. The lowest BCUT2D eigenvalue weighted by Crippen LogP contribution is -1.93. The predicted molar refractivity (Wildman–Crippen MR) is 69.5 cm³/mol. The number of rotatable bonds is 2. The van der Waals surface area contributed by atoms with Gasteiger partial charge in [-0.05, 0) is 42.9 Å². The van der Waals surface area contributed by atoms with Gasteiger partial charge in [0.15, 0.2) is 0 Å². The van der Waals surface area contributed by atoms with Gasteiger partial charge in [0.1, 0.15) is 6.10 Å². The van der Waals surface area contributed by atoms with Gasteiger partial charge in [0.05, 0.1) is 10.8 Å². The summed E-state index contributed by atoms with van der Waals surface area (Å²) in [5.41, 5.74) is 0. The summed E-state index contributed by atoms with van der Waals surface area (Å²) in [5.74, 6) is 11.3. The minimum absolute atomic E-state index is 0.203. The van der Waals surface area contributed by atoms with E-state index in [4.69, 9.17) is 11.6 Å². The maximum absolute atomic E-state index is 9.48. The standard InChI is InChI=1S/C13H11ClOS/c1-2-3-4-5-6-7-11-8-9-13(16-11)12(15)10-14/h2-3,8-9,12,15H,10H2,1H3. The molecule has 16 heavy (non-hydrogen) atoms. The number of alkyl halides is 1. The summed E-state index contributed by atoms with van der Waals surface area (Å²) in [7, 11) is 0. The molecule has 0 amide bonds. The van der Waals surface area contributed by atoms with Crippen LogP contribution in [0.25, 0.3) is 0 Å². The quantitative estimate of drug-likeness (QED) is 0.632. The third-order valence-electron chi connectivity index (χ3n) is 1.67. The molecule has 1 rings (SSSR count). The first-order valence-corrected chi connectivity index (χ1v) is 6.09. The highest BCUT2D eigenvalue weighted by molar-refractivity contribution is 7.12. The summed E-state index contributed by atoms with van der Waals surface area (Å²) in [4.78, 5) is 1.72. The molecule has 1 atom stereocenters. The van der Waals surface area contributed by atoms with E-state index in [0.717, 1.165) is 9.75 Å². The maximum Gasteiger partial charge on any atom is 0.102 e. The van der Waals surface area contributed by atoms with E-state index in [-0.39, 0.29) is 5.88 Å². The van der Waals surface area contributed by atoms with Gasteiger partial charge in [-0.3, -0.25) is 0 Å². The number of hydrogen-bond donors (Lipinski definition) is 1. The molecule has 1 heterocycles. The highest BCUT2D eigenvalue weighted by Gasteiger charge is 2.07. The number of halogens is 1. The molecule has 0 aliphatic heterocycles. The monoisotopic (exact) mass is 250 g/mol. The Labute approximate surface area is 105 Å². The summed E-state index contributed by atoms with van der Waals surface area (Å²) in [6.07, 6.45) is 3.00. The molecule has 0 bridgehead atoms. The second kappa shape index (κ2) is 7.14. The van der Waals surface area contributed by atoms with Crippen LogP contribution in [0, 0.1) is 23.7 Å². The van der Waals surface area contributed by atoms with Crippen molar-refractivity contribution in [1.82, 2.24) is 0 Å². The molecule has 0 aromatic carbocycles. The molecule has 0 radical (unpaired) electrons. The fraction of sp³-hybridized carbons (Fsp3) is 0.231. The smallest absolute Gasteiger partial charge is 0.102 e. The van der Waals surface area contributed by atoms with E-state index in [1.807, 2.05) is 25.1 Å². The fourth-order valence-corrected chi connectivity index (χ4v) is 2.03. The zero-order valence-electron chi connectivity index (χ0n) is 8.83. The second-order valence-electron chi connectivity index (χ2n) is 2.89. The number of allylic oxidation sites excluding steroid dienone is 2. The summed E-state index contributed by atoms with van der Waals surface area (Å²) in [5, 5.41) is 9.48. The topological polar surface area (TPSA) is 20.2 Å². The summed E-state index contributed by atoms with van der Waals surface area (Å²) in [6, 6.07) is 3.70. The van der Waals surface area contributed by atoms with Crippen LogP contribution in [-0.4, -0.2) is 11.0 Å². The fourth-order valence-electron chi connectivity index (χ4n) is 0.929. The minimum atomic E-state index is -0.601. The lowest BCUT2D eigenvalue weighted by atomic mass is 10.3. The Balaban J connectivity index is 2.69. The first kappa shape index (κ1) is 12.9. The van der Waals surface area contributed by atoms with Crippen LogP contribution in [0.2, 0.25) is 0 Å². The molecule has 82 valence electrons. The molecule has 1 nitrogen and oxygen atoms in total. The van der Waals surface area contributed by atoms with Gasteiger partial charge in [0.2, 0.25) is 0 Å². The summed E-state index contributed by atoms with van der Waals surface area (Å²) >= 11 is 6.98. The van der Waals surface area contributed by atoms with E-state index in [1.54, 1.807) is 6.08 Å². The van der Waals surface area contributed by atoms with Gasteiger partial charge in [0.25, 0.3) is 0 Å². The number of aliphatic hydroxyl groups is 1. The predicted octanol–water partition coefficient (Wildman–Crippen LogP) is 2.95. The van der Waals surface area contributed by atoms with E-state index < -0.39 is 6.10 Å². The van der Waals surface area contributed by atoms with Gasteiger partial charge in [-0.2, -0.15) is 0 Å². The molecule has 1 N–H and O–H groups in total. The van der Waals surface area contributed by atoms with Crippen LogP contribution in [0.5, 0.6) is 0 Å². The molecule has 0 saturated carbocycles. The van der Waals surface area contributed by atoms with Crippen molar-refractivity contribution in [3.63, 3.8) is 0 Å². The normalized spacial score (nSPS) is 11.4. The Hall–Kier alpha value is -1.19. The van der Waals surface area contributed by atoms with Gasteiger partial charge in [0, 0.05) is 4.88 Å². The van der Waals surface area contributed by atoms with Crippen molar-refractivity contribution in [3.8, 4) is 23.7 Å². The Bertz CT molecular complexity index is 479. The summed E-state index contributed by atoms with van der Waals surface area (Å²) in [6.45, 7) is 1.90. The van der Waals surface area contributed by atoms with E-state index in [1.165, 1.54) is 11.3 Å². The van der Waals surface area contributed by atoms with E-state index in [2.05, 4.69) is 23.7 Å². The number of thiophene rings is 1. The molecule has 0 aliphatic carbocycles.